The third kappa shape index (κ3) is 3.68. The molecule has 0 amide bonds. The summed E-state index contributed by atoms with van der Waals surface area (Å²) in [5.41, 5.74) is 0.769. The molecule has 0 aliphatic carbocycles. The molecule has 0 atom stereocenters. The molecule has 1 aromatic carbocycles. The standard InChI is InChI=1S/C15H15ClO4S/c1-3-11-7-13(14(21-11)15(17)18)20-8-9-6-10(16)4-5-12(9)19-2/h4-7H,3,8H2,1-2H3,(H,17,18). The number of ether oxygens (including phenoxy) is 2. The van der Waals surface area contributed by atoms with E-state index in [2.05, 4.69) is 0 Å². The molecule has 1 N–H and O–H groups in total. The molecule has 2 aromatic rings. The van der Waals surface area contributed by atoms with Crippen molar-refractivity contribution >= 4 is 28.9 Å². The lowest BCUT2D eigenvalue weighted by Crippen LogP contribution is -2.01. The van der Waals surface area contributed by atoms with Crippen LogP contribution in [0.2, 0.25) is 5.02 Å². The summed E-state index contributed by atoms with van der Waals surface area (Å²) < 4.78 is 10.9. The van der Waals surface area contributed by atoms with Gasteiger partial charge in [-0.2, -0.15) is 0 Å². The molecule has 0 aliphatic rings. The highest BCUT2D eigenvalue weighted by molar-refractivity contribution is 7.14. The number of hydrogen-bond donors (Lipinski definition) is 1. The number of carboxylic acid groups (broad SMARTS) is 1. The van der Waals surface area contributed by atoms with Crippen LogP contribution in [0, 0.1) is 0 Å². The Labute approximate surface area is 131 Å². The van der Waals surface area contributed by atoms with E-state index in [-0.39, 0.29) is 11.5 Å². The van der Waals surface area contributed by atoms with E-state index in [0.717, 1.165) is 16.9 Å². The van der Waals surface area contributed by atoms with E-state index in [1.54, 1.807) is 31.4 Å². The van der Waals surface area contributed by atoms with Crippen molar-refractivity contribution in [1.82, 2.24) is 0 Å². The zero-order valence-electron chi connectivity index (χ0n) is 11.7. The van der Waals surface area contributed by atoms with Gasteiger partial charge in [-0.1, -0.05) is 18.5 Å². The van der Waals surface area contributed by atoms with E-state index in [9.17, 15) is 9.90 Å². The predicted octanol–water partition coefficient (Wildman–Crippen LogP) is 4.25. The maximum atomic E-state index is 11.2. The van der Waals surface area contributed by atoms with Gasteiger partial charge < -0.3 is 14.6 Å². The fourth-order valence-electron chi connectivity index (χ4n) is 1.87. The largest absolute Gasteiger partial charge is 0.496 e. The third-order valence-corrected chi connectivity index (χ3v) is 4.40. The Morgan fingerprint density at radius 3 is 2.71 bits per heavy atom. The van der Waals surface area contributed by atoms with Crippen molar-refractivity contribution in [2.75, 3.05) is 7.11 Å². The number of benzene rings is 1. The molecule has 21 heavy (non-hydrogen) atoms. The third-order valence-electron chi connectivity index (χ3n) is 2.92. The number of carbonyl (C=O) groups is 1. The molecule has 0 saturated heterocycles. The molecule has 0 bridgehead atoms. The molecule has 0 saturated carbocycles. The van der Waals surface area contributed by atoms with Gasteiger partial charge in [0.1, 0.15) is 18.1 Å². The molecule has 0 radical (unpaired) electrons. The van der Waals surface area contributed by atoms with Crippen molar-refractivity contribution in [3.63, 3.8) is 0 Å². The second-order valence-electron chi connectivity index (χ2n) is 4.31. The summed E-state index contributed by atoms with van der Waals surface area (Å²) in [5, 5.41) is 9.78. The number of thiophene rings is 1. The first-order chi connectivity index (χ1) is 10.0. The van der Waals surface area contributed by atoms with E-state index in [4.69, 9.17) is 21.1 Å². The van der Waals surface area contributed by atoms with E-state index < -0.39 is 5.97 Å². The lowest BCUT2D eigenvalue weighted by Gasteiger charge is -2.10. The Kier molecular flexibility index (Phi) is 5.09. The van der Waals surface area contributed by atoms with Gasteiger partial charge in [0.15, 0.2) is 4.88 Å². The molecule has 2 rings (SSSR count). The lowest BCUT2D eigenvalue weighted by atomic mass is 10.2. The number of rotatable bonds is 6. The summed E-state index contributed by atoms with van der Waals surface area (Å²) in [7, 11) is 1.56. The van der Waals surface area contributed by atoms with Gasteiger partial charge in [-0.3, -0.25) is 0 Å². The highest BCUT2D eigenvalue weighted by Gasteiger charge is 2.17. The summed E-state index contributed by atoms with van der Waals surface area (Å²) in [6, 6.07) is 7.00. The SMILES string of the molecule is CCc1cc(OCc2cc(Cl)ccc2OC)c(C(=O)O)s1. The second-order valence-corrected chi connectivity index (χ2v) is 5.88. The first kappa shape index (κ1) is 15.7. The first-order valence-corrected chi connectivity index (χ1v) is 7.55. The highest BCUT2D eigenvalue weighted by Crippen LogP contribution is 2.31. The van der Waals surface area contributed by atoms with Crippen molar-refractivity contribution in [3.8, 4) is 11.5 Å². The van der Waals surface area contributed by atoms with Gasteiger partial charge in [-0.15, -0.1) is 11.3 Å². The van der Waals surface area contributed by atoms with E-state index in [0.29, 0.717) is 16.5 Å². The number of hydrogen-bond acceptors (Lipinski definition) is 4. The summed E-state index contributed by atoms with van der Waals surface area (Å²) >= 11 is 7.19. The molecule has 0 unspecified atom stereocenters. The molecule has 0 spiro atoms. The van der Waals surface area contributed by atoms with Crippen LogP contribution in [0.5, 0.6) is 11.5 Å². The Morgan fingerprint density at radius 2 is 2.10 bits per heavy atom. The van der Waals surface area contributed by atoms with Crippen LogP contribution in [0.1, 0.15) is 27.0 Å². The van der Waals surface area contributed by atoms with Gasteiger partial charge >= 0.3 is 5.97 Å². The molecular weight excluding hydrogens is 312 g/mol. The fourth-order valence-corrected chi connectivity index (χ4v) is 2.94. The average Bonchev–Trinajstić information content (AvgIpc) is 2.89. The Hall–Kier alpha value is -1.72. The Bertz CT molecular complexity index is 651. The van der Waals surface area contributed by atoms with Gasteiger partial charge in [0, 0.05) is 15.5 Å². The first-order valence-electron chi connectivity index (χ1n) is 6.36. The molecule has 4 nitrogen and oxygen atoms in total. The minimum absolute atomic E-state index is 0.198. The molecule has 0 fully saturated rings. The van der Waals surface area contributed by atoms with E-state index in [1.807, 2.05) is 6.92 Å². The molecule has 1 heterocycles. The number of methoxy groups -OCH3 is 1. The van der Waals surface area contributed by atoms with Crippen molar-refractivity contribution in [1.29, 1.82) is 0 Å². The normalized spacial score (nSPS) is 10.4. The van der Waals surface area contributed by atoms with Crippen LogP contribution in [-0.2, 0) is 13.0 Å². The average molecular weight is 327 g/mol. The lowest BCUT2D eigenvalue weighted by molar-refractivity contribution is 0.0697. The quantitative estimate of drug-likeness (QED) is 0.862. The molecular formula is C15H15ClO4S. The van der Waals surface area contributed by atoms with Crippen LogP contribution in [0.15, 0.2) is 24.3 Å². The van der Waals surface area contributed by atoms with Crippen molar-refractivity contribution in [3.05, 3.63) is 44.6 Å². The van der Waals surface area contributed by atoms with Crippen LogP contribution in [-0.4, -0.2) is 18.2 Å². The maximum absolute atomic E-state index is 11.2. The molecule has 112 valence electrons. The van der Waals surface area contributed by atoms with Crippen LogP contribution in [0.25, 0.3) is 0 Å². The minimum atomic E-state index is -0.979. The number of carboxylic acids is 1. The van der Waals surface area contributed by atoms with E-state index in [1.165, 1.54) is 11.3 Å². The Balaban J connectivity index is 2.22. The fraction of sp³-hybridized carbons (Fsp3) is 0.267. The predicted molar refractivity (Wildman–Crippen MR) is 83.0 cm³/mol. The van der Waals surface area contributed by atoms with Gasteiger partial charge in [-0.05, 0) is 30.7 Å². The monoisotopic (exact) mass is 326 g/mol. The topological polar surface area (TPSA) is 55.8 Å². The van der Waals surface area contributed by atoms with Gasteiger partial charge in [0.05, 0.1) is 7.11 Å². The number of halogens is 1. The second kappa shape index (κ2) is 6.83. The Morgan fingerprint density at radius 1 is 1.33 bits per heavy atom. The molecule has 6 heteroatoms. The zero-order chi connectivity index (χ0) is 15.4. The number of aryl methyl sites for hydroxylation is 1. The highest BCUT2D eigenvalue weighted by atomic mass is 35.5. The van der Waals surface area contributed by atoms with E-state index >= 15 is 0 Å². The summed E-state index contributed by atoms with van der Waals surface area (Å²) in [5.74, 6) is 0.0568. The molecule has 0 aliphatic heterocycles. The summed E-state index contributed by atoms with van der Waals surface area (Å²) in [6.07, 6.45) is 0.773. The van der Waals surface area contributed by atoms with Crippen molar-refractivity contribution in [2.24, 2.45) is 0 Å². The summed E-state index contributed by atoms with van der Waals surface area (Å²) in [6.45, 7) is 2.17. The van der Waals surface area contributed by atoms with Crippen molar-refractivity contribution in [2.45, 2.75) is 20.0 Å². The maximum Gasteiger partial charge on any atom is 0.349 e. The van der Waals surface area contributed by atoms with Crippen LogP contribution >= 0.6 is 22.9 Å². The van der Waals surface area contributed by atoms with Gasteiger partial charge in [0.25, 0.3) is 0 Å². The van der Waals surface area contributed by atoms with Crippen LogP contribution in [0.3, 0.4) is 0 Å². The van der Waals surface area contributed by atoms with Gasteiger partial charge in [-0.25, -0.2) is 4.79 Å². The minimum Gasteiger partial charge on any atom is -0.496 e. The molecule has 1 aromatic heterocycles. The number of aromatic carboxylic acids is 1. The van der Waals surface area contributed by atoms with Crippen LogP contribution < -0.4 is 9.47 Å². The van der Waals surface area contributed by atoms with Gasteiger partial charge in [0.2, 0.25) is 0 Å². The van der Waals surface area contributed by atoms with Crippen LogP contribution in [0.4, 0.5) is 0 Å². The zero-order valence-corrected chi connectivity index (χ0v) is 13.3. The summed E-state index contributed by atoms with van der Waals surface area (Å²) in [4.78, 5) is 12.4. The smallest absolute Gasteiger partial charge is 0.349 e. The van der Waals surface area contributed by atoms with Crippen molar-refractivity contribution < 1.29 is 19.4 Å².